The first-order valence-corrected chi connectivity index (χ1v) is 12.2. The van der Waals surface area contributed by atoms with Gasteiger partial charge in [0.2, 0.25) is 0 Å². The Morgan fingerprint density at radius 2 is 1.95 bits per heavy atom. The molecule has 1 N–H and O–H groups in total. The maximum atomic E-state index is 13.9. The number of carbonyl (C=O) groups excluding carboxylic acids is 1. The number of alkyl halides is 5. The number of H-pyrrole nitrogens is 1. The minimum atomic E-state index is -4.96. The molecule has 3 unspecified atom stereocenters. The molecular weight excluding hydrogens is 511 g/mol. The van der Waals surface area contributed by atoms with Crippen molar-refractivity contribution in [3.05, 3.63) is 71.8 Å². The Morgan fingerprint density at radius 3 is 2.63 bits per heavy atom. The number of halogens is 5. The predicted molar refractivity (Wildman–Crippen MR) is 124 cm³/mol. The van der Waals surface area contributed by atoms with E-state index in [4.69, 9.17) is 0 Å². The summed E-state index contributed by atoms with van der Waals surface area (Å²) in [7, 11) is 0. The number of aromatic nitrogens is 3. The normalized spacial score (nSPS) is 24.3. The number of nitrogens with one attached hydrogen (secondary N) is 1. The Labute approximate surface area is 215 Å². The number of carbonyl (C=O) groups is 1. The smallest absolute Gasteiger partial charge is 0.435 e. The summed E-state index contributed by atoms with van der Waals surface area (Å²) >= 11 is 0. The lowest BCUT2D eigenvalue weighted by Crippen LogP contribution is -2.48. The zero-order valence-electron chi connectivity index (χ0n) is 20.1. The highest BCUT2D eigenvalue weighted by molar-refractivity contribution is 5.89. The Bertz CT molecular complexity index is 1260. The van der Waals surface area contributed by atoms with Gasteiger partial charge in [0, 0.05) is 23.4 Å². The molecule has 38 heavy (non-hydrogen) atoms. The van der Waals surface area contributed by atoms with Gasteiger partial charge in [-0.25, -0.2) is 4.98 Å². The van der Waals surface area contributed by atoms with Crippen LogP contribution in [-0.4, -0.2) is 45.4 Å². The number of ketones is 1. The number of aromatic amines is 1. The minimum absolute atomic E-state index is 0.0193. The number of Topliss-reactive ketones (excluding diaryl/α,β-unsaturated/α-hetero) is 1. The van der Waals surface area contributed by atoms with Crippen molar-refractivity contribution in [1.29, 1.82) is 0 Å². The second-order valence-corrected chi connectivity index (χ2v) is 9.63. The van der Waals surface area contributed by atoms with Crippen LogP contribution in [0.5, 0.6) is 11.5 Å². The quantitative estimate of drug-likeness (QED) is 0.386. The standard InChI is InChI=1S/C26H25F5N4O3/c27-24(28)37-20-8-7-18(38-26(29,30)31)12-19(20)17-11-21(36)25(13-17)9-4-10-35(14-22-32-15-33-34-22)23(25)16-5-2-1-3-6-16/h1-3,5-8,12,15,17,23-24H,4,9-11,13-14H2,(H,32,33,34). The van der Waals surface area contributed by atoms with E-state index in [1.165, 1.54) is 6.33 Å². The van der Waals surface area contributed by atoms with Gasteiger partial charge in [0.25, 0.3) is 0 Å². The number of hydrogen-bond acceptors (Lipinski definition) is 6. The molecule has 2 aliphatic rings. The van der Waals surface area contributed by atoms with E-state index in [1.807, 2.05) is 30.3 Å². The molecule has 0 radical (unpaired) electrons. The van der Waals surface area contributed by atoms with Crippen LogP contribution in [0.2, 0.25) is 0 Å². The maximum Gasteiger partial charge on any atom is 0.573 e. The average Bonchev–Trinajstić information content (AvgIpc) is 3.48. The van der Waals surface area contributed by atoms with Gasteiger partial charge in [-0.3, -0.25) is 14.8 Å². The molecule has 12 heteroatoms. The van der Waals surface area contributed by atoms with Gasteiger partial charge in [-0.2, -0.15) is 13.9 Å². The summed E-state index contributed by atoms with van der Waals surface area (Å²) < 4.78 is 73.7. The topological polar surface area (TPSA) is 80.3 Å². The van der Waals surface area contributed by atoms with Crippen molar-refractivity contribution in [2.75, 3.05) is 6.54 Å². The van der Waals surface area contributed by atoms with Crippen LogP contribution in [0.25, 0.3) is 0 Å². The highest BCUT2D eigenvalue weighted by Crippen LogP contribution is 2.58. The fourth-order valence-corrected chi connectivity index (χ4v) is 6.07. The number of nitrogens with zero attached hydrogens (tertiary/aromatic N) is 3. The second kappa shape index (κ2) is 10.3. The minimum Gasteiger partial charge on any atom is -0.435 e. The van der Waals surface area contributed by atoms with Crippen molar-refractivity contribution >= 4 is 5.78 Å². The molecule has 1 spiro atoms. The SMILES string of the molecule is O=C1CC(c2cc(OC(F)(F)F)ccc2OC(F)F)CC12CCCN(Cc1ncn[nH]1)C2c1ccccc1. The summed E-state index contributed by atoms with van der Waals surface area (Å²) in [5.74, 6) is -0.893. The zero-order valence-corrected chi connectivity index (χ0v) is 20.1. The van der Waals surface area contributed by atoms with Gasteiger partial charge in [0.05, 0.1) is 6.54 Å². The molecule has 0 amide bonds. The third-order valence-corrected chi connectivity index (χ3v) is 7.36. The highest BCUT2D eigenvalue weighted by Gasteiger charge is 2.56. The molecule has 2 fully saturated rings. The van der Waals surface area contributed by atoms with E-state index in [0.717, 1.165) is 23.8 Å². The molecule has 1 saturated carbocycles. The van der Waals surface area contributed by atoms with Crippen LogP contribution in [0.4, 0.5) is 22.0 Å². The first-order chi connectivity index (χ1) is 18.1. The number of piperidine rings is 1. The van der Waals surface area contributed by atoms with Gasteiger partial charge in [-0.1, -0.05) is 30.3 Å². The third-order valence-electron chi connectivity index (χ3n) is 7.36. The summed E-state index contributed by atoms with van der Waals surface area (Å²) in [4.78, 5) is 20.2. The van der Waals surface area contributed by atoms with E-state index < -0.39 is 30.1 Å². The Balaban J connectivity index is 1.53. The molecule has 3 aromatic rings. The molecule has 1 aliphatic heterocycles. The van der Waals surface area contributed by atoms with Crippen molar-refractivity contribution in [1.82, 2.24) is 20.1 Å². The molecule has 3 atom stereocenters. The first kappa shape index (κ1) is 26.1. The average molecular weight is 537 g/mol. The first-order valence-electron chi connectivity index (χ1n) is 12.2. The van der Waals surface area contributed by atoms with Gasteiger partial charge in [-0.15, -0.1) is 13.2 Å². The molecule has 202 valence electrons. The van der Waals surface area contributed by atoms with Crippen molar-refractivity contribution in [3.63, 3.8) is 0 Å². The monoisotopic (exact) mass is 536 g/mol. The van der Waals surface area contributed by atoms with Crippen LogP contribution in [0.3, 0.4) is 0 Å². The fourth-order valence-electron chi connectivity index (χ4n) is 6.07. The molecule has 0 bridgehead atoms. The largest absolute Gasteiger partial charge is 0.573 e. The number of ether oxygens (including phenoxy) is 2. The van der Waals surface area contributed by atoms with Crippen LogP contribution >= 0.6 is 0 Å². The van der Waals surface area contributed by atoms with Crippen LogP contribution in [-0.2, 0) is 11.3 Å². The van der Waals surface area contributed by atoms with E-state index in [2.05, 4.69) is 29.6 Å². The summed E-state index contributed by atoms with van der Waals surface area (Å²) in [6.45, 7) is -2.08. The second-order valence-electron chi connectivity index (χ2n) is 9.63. The van der Waals surface area contributed by atoms with E-state index in [9.17, 15) is 26.7 Å². The van der Waals surface area contributed by atoms with Crippen LogP contribution in [0.1, 0.15) is 54.6 Å². The Morgan fingerprint density at radius 1 is 1.16 bits per heavy atom. The number of hydrogen-bond donors (Lipinski definition) is 1. The van der Waals surface area contributed by atoms with Crippen LogP contribution < -0.4 is 9.47 Å². The summed E-state index contributed by atoms with van der Waals surface area (Å²) in [5.41, 5.74) is 0.128. The van der Waals surface area contributed by atoms with Gasteiger partial charge < -0.3 is 9.47 Å². The lowest BCUT2D eigenvalue weighted by atomic mass is 9.68. The van der Waals surface area contributed by atoms with E-state index in [0.29, 0.717) is 31.8 Å². The summed E-state index contributed by atoms with van der Waals surface area (Å²) in [5, 5.41) is 6.76. The predicted octanol–water partition coefficient (Wildman–Crippen LogP) is 5.77. The van der Waals surface area contributed by atoms with Gasteiger partial charge in [0.15, 0.2) is 0 Å². The molecule has 1 saturated heterocycles. The molecular formula is C26H25F5N4O3. The fraction of sp³-hybridized carbons (Fsp3) is 0.423. The van der Waals surface area contributed by atoms with E-state index >= 15 is 0 Å². The molecule has 2 heterocycles. The van der Waals surface area contributed by atoms with Crippen LogP contribution in [0.15, 0.2) is 54.9 Å². The Kier molecular flexibility index (Phi) is 7.08. The van der Waals surface area contributed by atoms with Crippen molar-refractivity contribution in [3.8, 4) is 11.5 Å². The van der Waals surface area contributed by atoms with Crippen molar-refractivity contribution in [2.24, 2.45) is 5.41 Å². The van der Waals surface area contributed by atoms with Crippen molar-refractivity contribution in [2.45, 2.75) is 57.2 Å². The molecule has 5 rings (SSSR count). The Hall–Kier alpha value is -3.54. The number of benzene rings is 2. The maximum absolute atomic E-state index is 13.9. The van der Waals surface area contributed by atoms with E-state index in [-0.39, 0.29) is 36.0 Å². The molecule has 2 aromatic carbocycles. The van der Waals surface area contributed by atoms with Crippen molar-refractivity contribution < 1.29 is 36.2 Å². The lowest BCUT2D eigenvalue weighted by Gasteiger charge is -2.47. The third kappa shape index (κ3) is 5.35. The summed E-state index contributed by atoms with van der Waals surface area (Å²) in [6, 6.07) is 12.2. The number of rotatable bonds is 7. The molecule has 7 nitrogen and oxygen atoms in total. The van der Waals surface area contributed by atoms with Gasteiger partial charge in [0.1, 0.15) is 29.4 Å². The molecule has 1 aromatic heterocycles. The van der Waals surface area contributed by atoms with Gasteiger partial charge >= 0.3 is 13.0 Å². The number of likely N-dealkylation sites (tertiary alicyclic amines) is 1. The van der Waals surface area contributed by atoms with E-state index in [1.54, 1.807) is 0 Å². The zero-order chi connectivity index (χ0) is 26.9. The molecule has 1 aliphatic carbocycles. The van der Waals surface area contributed by atoms with Crippen LogP contribution in [0, 0.1) is 5.41 Å². The lowest BCUT2D eigenvalue weighted by molar-refractivity contribution is -0.274. The highest BCUT2D eigenvalue weighted by atomic mass is 19.4. The summed E-state index contributed by atoms with van der Waals surface area (Å²) in [6.07, 6.45) is -2.06. The van der Waals surface area contributed by atoms with Gasteiger partial charge in [-0.05, 0) is 55.5 Å².